The summed E-state index contributed by atoms with van der Waals surface area (Å²) in [6.45, 7) is 4.73. The molecule has 0 atom stereocenters. The molecule has 0 bridgehead atoms. The number of benzene rings is 7. The fraction of sp³-hybridized carbons (Fsp3) is 0.0667. The second kappa shape index (κ2) is 9.25. The zero-order valence-corrected chi connectivity index (χ0v) is 27.5. The van der Waals surface area contributed by atoms with Crippen LogP contribution in [-0.2, 0) is 5.41 Å². The highest BCUT2D eigenvalue weighted by Crippen LogP contribution is 2.50. The third kappa shape index (κ3) is 3.31. The smallest absolute Gasteiger partial charge is 0.0641 e. The maximum atomic E-state index is 2.51. The number of thiophene rings is 1. The van der Waals surface area contributed by atoms with Crippen molar-refractivity contribution < 1.29 is 0 Å². The molecule has 0 unspecified atom stereocenters. The molecule has 1 aliphatic carbocycles. The van der Waals surface area contributed by atoms with Crippen LogP contribution in [0.25, 0.3) is 86.3 Å². The minimum atomic E-state index is -0.0639. The van der Waals surface area contributed by atoms with Crippen molar-refractivity contribution in [3.05, 3.63) is 157 Å². The van der Waals surface area contributed by atoms with Gasteiger partial charge in [-0.15, -0.1) is 11.3 Å². The SMILES string of the molecule is CC1(C)c2ccccc2-c2ccc(-n3c4ccccc4c4c3ccc3c5ccccc5n(-c5ccc6c(c5)sc5ccccc56)c34)cc21. The quantitative estimate of drug-likeness (QED) is 0.180. The van der Waals surface area contributed by atoms with E-state index in [0.717, 1.165) is 0 Å². The molecule has 0 N–H and O–H groups in total. The average molecular weight is 631 g/mol. The Labute approximate surface area is 281 Å². The zero-order valence-electron chi connectivity index (χ0n) is 26.7. The molecule has 11 rings (SSSR count). The van der Waals surface area contributed by atoms with Gasteiger partial charge in [0.1, 0.15) is 0 Å². The number of hydrogen-bond donors (Lipinski definition) is 0. The highest BCUT2D eigenvalue weighted by Gasteiger charge is 2.35. The first-order valence-electron chi connectivity index (χ1n) is 16.7. The van der Waals surface area contributed by atoms with Crippen LogP contribution in [0.3, 0.4) is 0 Å². The number of para-hydroxylation sites is 2. The Bertz CT molecular complexity index is 2980. The predicted molar refractivity (Wildman–Crippen MR) is 206 cm³/mol. The van der Waals surface area contributed by atoms with Gasteiger partial charge in [-0.25, -0.2) is 0 Å². The molecule has 3 aromatic heterocycles. The van der Waals surface area contributed by atoms with Crippen LogP contribution in [0.15, 0.2) is 146 Å². The summed E-state index contributed by atoms with van der Waals surface area (Å²) >= 11 is 1.88. The molecule has 10 aromatic rings. The molecule has 0 spiro atoms. The molecule has 0 aliphatic heterocycles. The minimum Gasteiger partial charge on any atom is -0.309 e. The van der Waals surface area contributed by atoms with Crippen LogP contribution in [0, 0.1) is 0 Å². The van der Waals surface area contributed by atoms with Gasteiger partial charge in [0.15, 0.2) is 0 Å². The number of nitrogens with zero attached hydrogens (tertiary/aromatic N) is 2. The van der Waals surface area contributed by atoms with Gasteiger partial charge in [-0.1, -0.05) is 111 Å². The van der Waals surface area contributed by atoms with Crippen LogP contribution in [0.5, 0.6) is 0 Å². The van der Waals surface area contributed by atoms with Crippen molar-refractivity contribution in [2.45, 2.75) is 19.3 Å². The van der Waals surface area contributed by atoms with E-state index in [2.05, 4.69) is 169 Å². The monoisotopic (exact) mass is 630 g/mol. The van der Waals surface area contributed by atoms with E-state index in [0.29, 0.717) is 0 Å². The summed E-state index contributed by atoms with van der Waals surface area (Å²) in [5, 5.41) is 7.77. The van der Waals surface area contributed by atoms with Gasteiger partial charge in [0.05, 0.1) is 22.1 Å². The molecule has 48 heavy (non-hydrogen) atoms. The van der Waals surface area contributed by atoms with Gasteiger partial charge < -0.3 is 9.13 Å². The number of rotatable bonds is 2. The van der Waals surface area contributed by atoms with Crippen molar-refractivity contribution in [1.82, 2.24) is 9.13 Å². The van der Waals surface area contributed by atoms with Crippen molar-refractivity contribution in [3.63, 3.8) is 0 Å². The maximum absolute atomic E-state index is 2.51. The van der Waals surface area contributed by atoms with Crippen LogP contribution < -0.4 is 0 Å². The maximum Gasteiger partial charge on any atom is 0.0641 e. The van der Waals surface area contributed by atoms with Crippen molar-refractivity contribution in [2.75, 3.05) is 0 Å². The fourth-order valence-electron chi connectivity index (χ4n) is 8.74. The lowest BCUT2D eigenvalue weighted by Crippen LogP contribution is -2.15. The van der Waals surface area contributed by atoms with Gasteiger partial charge in [0.2, 0.25) is 0 Å². The Balaban J connectivity index is 1.24. The van der Waals surface area contributed by atoms with Crippen molar-refractivity contribution in [1.29, 1.82) is 0 Å². The zero-order chi connectivity index (χ0) is 31.7. The highest BCUT2D eigenvalue weighted by molar-refractivity contribution is 7.25. The Morgan fingerprint density at radius 2 is 1.06 bits per heavy atom. The molecule has 1 aliphatic rings. The lowest BCUT2D eigenvalue weighted by molar-refractivity contribution is 0.660. The summed E-state index contributed by atoms with van der Waals surface area (Å²) in [5.41, 5.74) is 12.8. The van der Waals surface area contributed by atoms with Gasteiger partial charge >= 0.3 is 0 Å². The molecule has 3 heteroatoms. The average Bonchev–Trinajstić information content (AvgIpc) is 3.83. The van der Waals surface area contributed by atoms with Crippen LogP contribution in [0.1, 0.15) is 25.0 Å². The molecule has 2 nitrogen and oxygen atoms in total. The largest absolute Gasteiger partial charge is 0.309 e. The first kappa shape index (κ1) is 26.4. The Morgan fingerprint density at radius 3 is 1.94 bits per heavy atom. The first-order valence-corrected chi connectivity index (χ1v) is 17.5. The van der Waals surface area contributed by atoms with Gasteiger partial charge in [-0.2, -0.15) is 0 Å². The Hall–Kier alpha value is -5.64. The molecular weight excluding hydrogens is 601 g/mol. The minimum absolute atomic E-state index is 0.0639. The van der Waals surface area contributed by atoms with E-state index in [1.807, 2.05) is 11.3 Å². The van der Waals surface area contributed by atoms with E-state index in [9.17, 15) is 0 Å². The van der Waals surface area contributed by atoms with Crippen LogP contribution >= 0.6 is 11.3 Å². The lowest BCUT2D eigenvalue weighted by Gasteiger charge is -2.22. The standard InChI is InChI=1S/C45H30N2S/c1-45(2)36-15-7-3-11-29(36)30-21-19-27(25-37(30)45)46-39-17-9-5-14-35(39)43-40(46)24-23-34-31-12-4-8-16-38(31)47(44(34)43)28-20-22-33-32-13-6-10-18-41(32)48-42(33)26-28/h3-26H,1-2H3. The molecule has 0 fully saturated rings. The predicted octanol–water partition coefficient (Wildman–Crippen LogP) is 12.6. The van der Waals surface area contributed by atoms with Gasteiger partial charge in [0.25, 0.3) is 0 Å². The van der Waals surface area contributed by atoms with Crippen molar-refractivity contribution in [3.8, 4) is 22.5 Å². The number of hydrogen-bond acceptors (Lipinski definition) is 1. The third-order valence-electron chi connectivity index (χ3n) is 10.9. The molecular formula is C45H30N2S. The van der Waals surface area contributed by atoms with E-state index in [-0.39, 0.29) is 5.41 Å². The topological polar surface area (TPSA) is 9.86 Å². The first-order chi connectivity index (χ1) is 23.6. The van der Waals surface area contributed by atoms with E-state index in [4.69, 9.17) is 0 Å². The van der Waals surface area contributed by atoms with E-state index < -0.39 is 0 Å². The molecule has 3 heterocycles. The summed E-state index contributed by atoms with van der Waals surface area (Å²) in [6, 6.07) is 54.3. The summed E-state index contributed by atoms with van der Waals surface area (Å²) in [6.07, 6.45) is 0. The second-order valence-corrected chi connectivity index (χ2v) is 14.8. The molecule has 0 saturated heterocycles. The fourth-order valence-corrected chi connectivity index (χ4v) is 9.88. The summed E-state index contributed by atoms with van der Waals surface area (Å²) in [4.78, 5) is 0. The Kier molecular flexibility index (Phi) is 5.09. The van der Waals surface area contributed by atoms with Gasteiger partial charge in [-0.05, 0) is 70.8 Å². The molecule has 0 radical (unpaired) electrons. The van der Waals surface area contributed by atoms with E-state index in [1.165, 1.54) is 97.4 Å². The second-order valence-electron chi connectivity index (χ2n) is 13.7. The van der Waals surface area contributed by atoms with E-state index in [1.54, 1.807) is 0 Å². The summed E-state index contributed by atoms with van der Waals surface area (Å²) in [7, 11) is 0. The lowest BCUT2D eigenvalue weighted by atomic mass is 9.82. The normalized spacial score (nSPS) is 13.8. The number of fused-ring (bicyclic) bond motifs is 13. The molecule has 0 saturated carbocycles. The van der Waals surface area contributed by atoms with Gasteiger partial charge in [0, 0.05) is 58.5 Å². The summed E-state index contributed by atoms with van der Waals surface area (Å²) < 4.78 is 7.64. The van der Waals surface area contributed by atoms with Crippen LogP contribution in [-0.4, -0.2) is 9.13 Å². The van der Waals surface area contributed by atoms with E-state index >= 15 is 0 Å². The van der Waals surface area contributed by atoms with Crippen molar-refractivity contribution >= 4 is 75.1 Å². The van der Waals surface area contributed by atoms with Crippen LogP contribution in [0.4, 0.5) is 0 Å². The van der Waals surface area contributed by atoms with Crippen LogP contribution in [0.2, 0.25) is 0 Å². The van der Waals surface area contributed by atoms with Crippen molar-refractivity contribution in [2.24, 2.45) is 0 Å². The molecule has 0 amide bonds. The molecule has 7 aromatic carbocycles. The third-order valence-corrected chi connectivity index (χ3v) is 12.0. The Morgan fingerprint density at radius 1 is 0.438 bits per heavy atom. The summed E-state index contributed by atoms with van der Waals surface area (Å²) in [5.74, 6) is 0. The highest BCUT2D eigenvalue weighted by atomic mass is 32.1. The molecule has 226 valence electrons. The van der Waals surface area contributed by atoms with Gasteiger partial charge in [-0.3, -0.25) is 0 Å². The number of aromatic nitrogens is 2.